The molecule has 2 aromatic carbocycles. The number of rotatable bonds is 8. The summed E-state index contributed by atoms with van der Waals surface area (Å²) in [6.07, 6.45) is 3.54. The first-order chi connectivity index (χ1) is 13.4. The Kier molecular flexibility index (Phi) is 6.14. The van der Waals surface area contributed by atoms with Crippen LogP contribution in [-0.4, -0.2) is 30.0 Å². The van der Waals surface area contributed by atoms with Gasteiger partial charge in [-0.2, -0.15) is 0 Å². The van der Waals surface area contributed by atoms with Crippen LogP contribution in [0.5, 0.6) is 0 Å². The number of hydrogen-bond acceptors (Lipinski definition) is 4. The molecule has 0 unspecified atom stereocenters. The molecule has 148 valence electrons. The number of carbonyl (C=O) groups is 1. The molecule has 0 saturated carbocycles. The monoisotopic (exact) mass is 399 g/mol. The fourth-order valence-corrected chi connectivity index (χ4v) is 4.64. The van der Waals surface area contributed by atoms with Crippen LogP contribution in [0.3, 0.4) is 0 Å². The lowest BCUT2D eigenvalue weighted by atomic mass is 10.2. The van der Waals surface area contributed by atoms with Gasteiger partial charge < -0.3 is 10.3 Å². The summed E-state index contributed by atoms with van der Waals surface area (Å²) in [7, 11) is -3.50. The van der Waals surface area contributed by atoms with Crippen molar-refractivity contribution in [2.75, 3.05) is 11.1 Å². The zero-order chi connectivity index (χ0) is 20.1. The first kappa shape index (κ1) is 20.1. The Bertz CT molecular complexity index is 1090. The Morgan fingerprint density at radius 2 is 1.89 bits per heavy atom. The molecule has 0 saturated heterocycles. The van der Waals surface area contributed by atoms with Crippen molar-refractivity contribution in [1.29, 1.82) is 0 Å². The fraction of sp³-hybridized carbons (Fsp3) is 0.333. The SMILES string of the molecule is CCCCc1nc2ccc(NC(=O)c3ccccc3S(=O)(=O)CCC)cc2[nH]1. The van der Waals surface area contributed by atoms with Crippen LogP contribution in [0.4, 0.5) is 5.69 Å². The van der Waals surface area contributed by atoms with Crippen LogP contribution < -0.4 is 5.32 Å². The van der Waals surface area contributed by atoms with E-state index >= 15 is 0 Å². The number of aromatic amines is 1. The number of benzene rings is 2. The molecule has 0 spiro atoms. The van der Waals surface area contributed by atoms with E-state index in [1.807, 2.05) is 12.1 Å². The lowest BCUT2D eigenvalue weighted by Crippen LogP contribution is -2.17. The molecule has 7 heteroatoms. The van der Waals surface area contributed by atoms with Crippen molar-refractivity contribution in [3.8, 4) is 0 Å². The quantitative estimate of drug-likeness (QED) is 0.589. The van der Waals surface area contributed by atoms with Crippen LogP contribution in [0.1, 0.15) is 49.3 Å². The lowest BCUT2D eigenvalue weighted by molar-refractivity contribution is 0.102. The highest BCUT2D eigenvalue weighted by Crippen LogP contribution is 2.22. The zero-order valence-electron chi connectivity index (χ0n) is 16.2. The largest absolute Gasteiger partial charge is 0.342 e. The molecule has 0 aliphatic carbocycles. The number of sulfone groups is 1. The number of unbranched alkanes of at least 4 members (excludes halogenated alkanes) is 1. The smallest absolute Gasteiger partial charge is 0.256 e. The molecule has 28 heavy (non-hydrogen) atoms. The van der Waals surface area contributed by atoms with Crippen molar-refractivity contribution >= 4 is 32.5 Å². The van der Waals surface area contributed by atoms with Crippen LogP contribution in [-0.2, 0) is 16.3 Å². The predicted molar refractivity (Wildman–Crippen MR) is 111 cm³/mol. The summed E-state index contributed by atoms with van der Waals surface area (Å²) in [5.74, 6) is 0.495. The summed E-state index contributed by atoms with van der Waals surface area (Å²) in [5, 5.41) is 2.81. The van der Waals surface area contributed by atoms with Gasteiger partial charge in [0.1, 0.15) is 5.82 Å². The van der Waals surface area contributed by atoms with Gasteiger partial charge in [-0.05, 0) is 43.2 Å². The lowest BCUT2D eigenvalue weighted by Gasteiger charge is -2.10. The van der Waals surface area contributed by atoms with E-state index in [1.165, 1.54) is 12.1 Å². The maximum atomic E-state index is 12.8. The number of amides is 1. The molecule has 0 radical (unpaired) electrons. The van der Waals surface area contributed by atoms with Crippen molar-refractivity contribution in [3.63, 3.8) is 0 Å². The van der Waals surface area contributed by atoms with E-state index in [0.717, 1.165) is 36.1 Å². The number of nitrogens with zero attached hydrogens (tertiary/aromatic N) is 1. The van der Waals surface area contributed by atoms with Crippen molar-refractivity contribution in [1.82, 2.24) is 9.97 Å². The summed E-state index contributed by atoms with van der Waals surface area (Å²) in [4.78, 5) is 20.7. The summed E-state index contributed by atoms with van der Waals surface area (Å²) in [5.41, 5.74) is 2.43. The van der Waals surface area contributed by atoms with Gasteiger partial charge in [0.05, 0.1) is 27.2 Å². The molecule has 0 bridgehead atoms. The van der Waals surface area contributed by atoms with Gasteiger partial charge in [-0.3, -0.25) is 4.79 Å². The average molecular weight is 400 g/mol. The summed E-state index contributed by atoms with van der Waals surface area (Å²) in [6.45, 7) is 3.93. The molecular formula is C21H25N3O3S. The van der Waals surface area contributed by atoms with Gasteiger partial charge in [0.15, 0.2) is 9.84 Å². The molecule has 6 nitrogen and oxygen atoms in total. The zero-order valence-corrected chi connectivity index (χ0v) is 17.0. The Morgan fingerprint density at radius 1 is 1.11 bits per heavy atom. The second-order valence-corrected chi connectivity index (χ2v) is 8.87. The number of aryl methyl sites for hydroxylation is 1. The van der Waals surface area contributed by atoms with E-state index in [2.05, 4.69) is 22.2 Å². The Balaban J connectivity index is 1.85. The van der Waals surface area contributed by atoms with Crippen LogP contribution in [0.2, 0.25) is 0 Å². The minimum Gasteiger partial charge on any atom is -0.342 e. The van der Waals surface area contributed by atoms with E-state index in [4.69, 9.17) is 0 Å². The third kappa shape index (κ3) is 4.42. The number of carbonyl (C=O) groups excluding carboxylic acids is 1. The standard InChI is InChI=1S/C21H25N3O3S/c1-3-5-10-20-23-17-12-11-15(14-18(17)24-20)22-21(25)16-8-6-7-9-19(16)28(26,27)13-4-2/h6-9,11-12,14H,3-5,10,13H2,1-2H3,(H,22,25)(H,23,24). The minimum atomic E-state index is -3.50. The molecule has 3 rings (SSSR count). The molecule has 1 heterocycles. The molecule has 1 aromatic heterocycles. The molecular weight excluding hydrogens is 374 g/mol. The maximum absolute atomic E-state index is 12.8. The van der Waals surface area contributed by atoms with Crippen LogP contribution >= 0.6 is 0 Å². The number of hydrogen-bond donors (Lipinski definition) is 2. The third-order valence-electron chi connectivity index (χ3n) is 4.50. The second-order valence-electron chi connectivity index (χ2n) is 6.79. The topological polar surface area (TPSA) is 91.9 Å². The summed E-state index contributed by atoms with van der Waals surface area (Å²) < 4.78 is 25.0. The Labute approximate surface area is 165 Å². The molecule has 0 fully saturated rings. The van der Waals surface area contributed by atoms with Gasteiger partial charge in [0.2, 0.25) is 0 Å². The summed E-state index contributed by atoms with van der Waals surface area (Å²) >= 11 is 0. The first-order valence-electron chi connectivity index (χ1n) is 9.56. The van der Waals surface area contributed by atoms with Crippen molar-refractivity contribution in [3.05, 3.63) is 53.9 Å². The van der Waals surface area contributed by atoms with E-state index in [1.54, 1.807) is 25.1 Å². The van der Waals surface area contributed by atoms with E-state index in [9.17, 15) is 13.2 Å². The number of aromatic nitrogens is 2. The van der Waals surface area contributed by atoms with Gasteiger partial charge in [-0.1, -0.05) is 32.4 Å². The van der Waals surface area contributed by atoms with Gasteiger partial charge in [-0.25, -0.2) is 13.4 Å². The van der Waals surface area contributed by atoms with E-state index in [-0.39, 0.29) is 16.2 Å². The van der Waals surface area contributed by atoms with Gasteiger partial charge in [0, 0.05) is 12.1 Å². The van der Waals surface area contributed by atoms with Crippen molar-refractivity contribution < 1.29 is 13.2 Å². The number of fused-ring (bicyclic) bond motifs is 1. The number of imidazole rings is 1. The number of anilines is 1. The van der Waals surface area contributed by atoms with Crippen LogP contribution in [0.15, 0.2) is 47.4 Å². The molecule has 3 aromatic rings. The van der Waals surface area contributed by atoms with E-state index in [0.29, 0.717) is 12.1 Å². The predicted octanol–water partition coefficient (Wildman–Crippen LogP) is 4.34. The number of nitrogens with one attached hydrogen (secondary N) is 2. The molecule has 2 N–H and O–H groups in total. The summed E-state index contributed by atoms with van der Waals surface area (Å²) in [6, 6.07) is 11.8. The normalized spacial score (nSPS) is 11.6. The highest BCUT2D eigenvalue weighted by atomic mass is 32.2. The molecule has 0 atom stereocenters. The van der Waals surface area contributed by atoms with Gasteiger partial charge in [-0.15, -0.1) is 0 Å². The number of H-pyrrole nitrogens is 1. The molecule has 0 aliphatic heterocycles. The molecule has 1 amide bonds. The van der Waals surface area contributed by atoms with E-state index < -0.39 is 15.7 Å². The maximum Gasteiger partial charge on any atom is 0.256 e. The highest BCUT2D eigenvalue weighted by molar-refractivity contribution is 7.91. The Morgan fingerprint density at radius 3 is 2.64 bits per heavy atom. The Hall–Kier alpha value is -2.67. The highest BCUT2D eigenvalue weighted by Gasteiger charge is 2.21. The fourth-order valence-electron chi connectivity index (χ4n) is 3.11. The van der Waals surface area contributed by atoms with Gasteiger partial charge in [0.25, 0.3) is 5.91 Å². The minimum absolute atomic E-state index is 0.0118. The van der Waals surface area contributed by atoms with Gasteiger partial charge >= 0.3 is 0 Å². The van der Waals surface area contributed by atoms with Crippen LogP contribution in [0.25, 0.3) is 11.0 Å². The second kappa shape index (κ2) is 8.56. The van der Waals surface area contributed by atoms with Crippen molar-refractivity contribution in [2.45, 2.75) is 44.4 Å². The van der Waals surface area contributed by atoms with Crippen molar-refractivity contribution in [2.24, 2.45) is 0 Å². The third-order valence-corrected chi connectivity index (χ3v) is 6.47. The molecule has 0 aliphatic rings. The average Bonchev–Trinajstić information content (AvgIpc) is 3.08. The first-order valence-corrected chi connectivity index (χ1v) is 11.2. The van der Waals surface area contributed by atoms with Crippen LogP contribution in [0, 0.1) is 0 Å².